The lowest BCUT2D eigenvalue weighted by molar-refractivity contribution is 0.174. The van der Waals surface area contributed by atoms with E-state index in [9.17, 15) is 5.11 Å². The highest BCUT2D eigenvalue weighted by Gasteiger charge is 2.18. The Balaban J connectivity index is 2.29. The number of aliphatic hydroxyl groups excluding tert-OH is 1. The average molecular weight is 324 g/mol. The van der Waals surface area contributed by atoms with Gasteiger partial charge >= 0.3 is 0 Å². The van der Waals surface area contributed by atoms with Crippen molar-refractivity contribution in [3.63, 3.8) is 0 Å². The molecular weight excluding hydrogens is 306 g/mol. The standard InChI is InChI=1S/C14H18BrN3O/c1-4-18-12(14(15)10(3)17-18)7-13(19)11-8-16-6-5-9(11)2/h5-6,8,13,19H,4,7H2,1-3H3. The molecule has 0 aliphatic heterocycles. The van der Waals surface area contributed by atoms with Crippen molar-refractivity contribution in [3.05, 3.63) is 45.4 Å². The van der Waals surface area contributed by atoms with Gasteiger partial charge in [-0.25, -0.2) is 0 Å². The van der Waals surface area contributed by atoms with Crippen LogP contribution in [0.3, 0.4) is 0 Å². The van der Waals surface area contributed by atoms with Gasteiger partial charge in [0.25, 0.3) is 0 Å². The summed E-state index contributed by atoms with van der Waals surface area (Å²) in [5.41, 5.74) is 3.90. The van der Waals surface area contributed by atoms with Crippen LogP contribution < -0.4 is 0 Å². The zero-order chi connectivity index (χ0) is 14.0. The van der Waals surface area contributed by atoms with Gasteiger partial charge in [0.15, 0.2) is 0 Å². The van der Waals surface area contributed by atoms with Crippen molar-refractivity contribution in [1.82, 2.24) is 14.8 Å². The third kappa shape index (κ3) is 2.87. The van der Waals surface area contributed by atoms with Crippen molar-refractivity contribution < 1.29 is 5.11 Å². The molecule has 4 nitrogen and oxygen atoms in total. The minimum absolute atomic E-state index is 0.530. The van der Waals surface area contributed by atoms with Crippen LogP contribution in [0.25, 0.3) is 0 Å². The Morgan fingerprint density at radius 1 is 1.42 bits per heavy atom. The molecule has 0 aliphatic rings. The van der Waals surface area contributed by atoms with E-state index in [2.05, 4.69) is 26.0 Å². The molecule has 0 saturated heterocycles. The van der Waals surface area contributed by atoms with Gasteiger partial charge in [-0.2, -0.15) is 5.10 Å². The fourth-order valence-corrected chi connectivity index (χ4v) is 2.63. The lowest BCUT2D eigenvalue weighted by Crippen LogP contribution is -2.10. The number of aliphatic hydroxyl groups is 1. The van der Waals surface area contributed by atoms with Gasteiger partial charge in [-0.1, -0.05) is 0 Å². The van der Waals surface area contributed by atoms with Crippen LogP contribution in [-0.4, -0.2) is 19.9 Å². The van der Waals surface area contributed by atoms with Gasteiger partial charge < -0.3 is 5.11 Å². The monoisotopic (exact) mass is 323 g/mol. The molecule has 102 valence electrons. The van der Waals surface area contributed by atoms with Crippen molar-refractivity contribution >= 4 is 15.9 Å². The summed E-state index contributed by atoms with van der Waals surface area (Å²) in [5.74, 6) is 0. The molecule has 0 amide bonds. The number of pyridine rings is 1. The number of hydrogen-bond donors (Lipinski definition) is 1. The number of hydrogen-bond acceptors (Lipinski definition) is 3. The second-order valence-electron chi connectivity index (χ2n) is 4.61. The Morgan fingerprint density at radius 2 is 2.16 bits per heavy atom. The molecule has 0 radical (unpaired) electrons. The maximum atomic E-state index is 10.4. The molecular formula is C14H18BrN3O. The second kappa shape index (κ2) is 5.84. The second-order valence-corrected chi connectivity index (χ2v) is 5.41. The molecule has 1 atom stereocenters. The van der Waals surface area contributed by atoms with Crippen LogP contribution in [0.15, 0.2) is 22.9 Å². The van der Waals surface area contributed by atoms with Crippen LogP contribution in [0.5, 0.6) is 0 Å². The third-order valence-electron chi connectivity index (χ3n) is 3.28. The Bertz CT molecular complexity index is 580. The quantitative estimate of drug-likeness (QED) is 0.941. The Labute approximate surface area is 121 Å². The van der Waals surface area contributed by atoms with Crippen molar-refractivity contribution in [2.45, 2.75) is 39.8 Å². The summed E-state index contributed by atoms with van der Waals surface area (Å²) < 4.78 is 2.91. The summed E-state index contributed by atoms with van der Waals surface area (Å²) in [6, 6.07) is 1.91. The van der Waals surface area contributed by atoms with Gasteiger partial charge in [0.1, 0.15) is 0 Å². The lowest BCUT2D eigenvalue weighted by atomic mass is 10.0. The Morgan fingerprint density at radius 3 is 2.79 bits per heavy atom. The van der Waals surface area contributed by atoms with E-state index in [0.29, 0.717) is 6.42 Å². The number of nitrogens with zero attached hydrogens (tertiary/aromatic N) is 3. The number of halogens is 1. The summed E-state index contributed by atoms with van der Waals surface area (Å²) >= 11 is 3.55. The highest BCUT2D eigenvalue weighted by atomic mass is 79.9. The molecule has 19 heavy (non-hydrogen) atoms. The lowest BCUT2D eigenvalue weighted by Gasteiger charge is -2.14. The predicted molar refractivity (Wildman–Crippen MR) is 78.0 cm³/mol. The van der Waals surface area contributed by atoms with Crippen LogP contribution in [0.1, 0.15) is 35.5 Å². The maximum absolute atomic E-state index is 10.4. The largest absolute Gasteiger partial charge is 0.388 e. The molecule has 0 aliphatic carbocycles. The van der Waals surface area contributed by atoms with E-state index in [1.807, 2.05) is 31.5 Å². The van der Waals surface area contributed by atoms with Crippen LogP contribution >= 0.6 is 15.9 Å². The van der Waals surface area contributed by atoms with Crippen molar-refractivity contribution in [1.29, 1.82) is 0 Å². The minimum Gasteiger partial charge on any atom is -0.388 e. The first-order chi connectivity index (χ1) is 9.04. The van der Waals surface area contributed by atoms with E-state index >= 15 is 0 Å². The summed E-state index contributed by atoms with van der Waals surface area (Å²) in [4.78, 5) is 4.08. The van der Waals surface area contributed by atoms with Crippen molar-refractivity contribution in [2.75, 3.05) is 0 Å². The molecule has 1 unspecified atom stereocenters. The molecule has 0 aromatic carbocycles. The summed E-state index contributed by atoms with van der Waals surface area (Å²) in [6.45, 7) is 6.78. The Kier molecular flexibility index (Phi) is 4.37. The van der Waals surface area contributed by atoms with Gasteiger partial charge in [-0.05, 0) is 48.3 Å². The SMILES string of the molecule is CCn1nc(C)c(Br)c1CC(O)c1cnccc1C. The number of aromatic nitrogens is 3. The van der Waals surface area contributed by atoms with Crippen LogP contribution in [0, 0.1) is 13.8 Å². The minimum atomic E-state index is -0.564. The molecule has 0 bridgehead atoms. The van der Waals surface area contributed by atoms with E-state index < -0.39 is 6.10 Å². The molecule has 2 aromatic rings. The van der Waals surface area contributed by atoms with Gasteiger partial charge in [0.05, 0.1) is 22.0 Å². The van der Waals surface area contributed by atoms with Gasteiger partial charge in [-0.3, -0.25) is 9.67 Å². The molecule has 0 fully saturated rings. The molecule has 2 heterocycles. The molecule has 2 aromatic heterocycles. The first-order valence-corrected chi connectivity index (χ1v) is 7.14. The zero-order valence-electron chi connectivity index (χ0n) is 11.4. The molecule has 0 spiro atoms. The highest BCUT2D eigenvalue weighted by Crippen LogP contribution is 2.27. The maximum Gasteiger partial charge on any atom is 0.0863 e. The smallest absolute Gasteiger partial charge is 0.0863 e. The predicted octanol–water partition coefficient (Wildman–Crippen LogP) is 2.95. The van der Waals surface area contributed by atoms with Gasteiger partial charge in [0.2, 0.25) is 0 Å². The zero-order valence-corrected chi connectivity index (χ0v) is 13.0. The fourth-order valence-electron chi connectivity index (χ4n) is 2.18. The topological polar surface area (TPSA) is 50.9 Å². The number of aryl methyl sites for hydroxylation is 3. The molecule has 1 N–H and O–H groups in total. The third-order valence-corrected chi connectivity index (χ3v) is 4.31. The van der Waals surface area contributed by atoms with Gasteiger partial charge in [-0.15, -0.1) is 0 Å². The van der Waals surface area contributed by atoms with Crippen LogP contribution in [0.2, 0.25) is 0 Å². The van der Waals surface area contributed by atoms with E-state index in [0.717, 1.165) is 33.5 Å². The summed E-state index contributed by atoms with van der Waals surface area (Å²) in [7, 11) is 0. The molecule has 0 saturated carbocycles. The summed E-state index contributed by atoms with van der Waals surface area (Å²) in [6.07, 6.45) is 3.43. The molecule has 5 heteroatoms. The van der Waals surface area contributed by atoms with Gasteiger partial charge in [0, 0.05) is 30.9 Å². The average Bonchev–Trinajstić information content (AvgIpc) is 2.67. The van der Waals surface area contributed by atoms with Crippen LogP contribution in [-0.2, 0) is 13.0 Å². The van der Waals surface area contributed by atoms with Crippen molar-refractivity contribution in [2.24, 2.45) is 0 Å². The van der Waals surface area contributed by atoms with E-state index in [4.69, 9.17) is 0 Å². The van der Waals surface area contributed by atoms with Crippen LogP contribution in [0.4, 0.5) is 0 Å². The molecule has 2 rings (SSSR count). The van der Waals surface area contributed by atoms with E-state index in [1.165, 1.54) is 0 Å². The highest BCUT2D eigenvalue weighted by molar-refractivity contribution is 9.10. The van der Waals surface area contributed by atoms with E-state index in [1.54, 1.807) is 12.4 Å². The summed E-state index contributed by atoms with van der Waals surface area (Å²) in [5, 5.41) is 14.8. The van der Waals surface area contributed by atoms with Crippen molar-refractivity contribution in [3.8, 4) is 0 Å². The fraction of sp³-hybridized carbons (Fsp3) is 0.429. The Hall–Kier alpha value is -1.20. The normalized spacial score (nSPS) is 12.7. The first-order valence-electron chi connectivity index (χ1n) is 6.35. The first kappa shape index (κ1) is 14.2. The number of rotatable bonds is 4. The van der Waals surface area contributed by atoms with E-state index in [-0.39, 0.29) is 0 Å².